The van der Waals surface area contributed by atoms with Gasteiger partial charge in [-0.1, -0.05) is 30.3 Å². The number of nitrogen functional groups attached to an aromatic ring is 1. The molecule has 0 aliphatic heterocycles. The molecule has 0 radical (unpaired) electrons. The number of nitrogens with one attached hydrogen (secondary N) is 2. The molecule has 2 heterocycles. The number of hydrogen-bond acceptors (Lipinski definition) is 4. The van der Waals surface area contributed by atoms with E-state index in [1.807, 2.05) is 30.3 Å². The minimum absolute atomic E-state index is 0.103. The topological polar surface area (TPSA) is 124 Å². The number of aliphatic hydroxyl groups excluding tert-OH is 1. The van der Waals surface area contributed by atoms with Gasteiger partial charge in [-0.15, -0.1) is 0 Å². The van der Waals surface area contributed by atoms with Crippen molar-refractivity contribution in [3.8, 4) is 0 Å². The summed E-state index contributed by atoms with van der Waals surface area (Å²) in [7, 11) is 0. The number of anilines is 1. The maximum atomic E-state index is 12.0. The van der Waals surface area contributed by atoms with Gasteiger partial charge in [0.15, 0.2) is 0 Å². The number of nitrogens with zero attached hydrogens (tertiary/aromatic N) is 1. The molecule has 0 fully saturated rings. The number of benzene rings is 1. The molecule has 0 spiro atoms. The molecule has 7 heteroatoms. The van der Waals surface area contributed by atoms with Gasteiger partial charge in [-0.2, -0.15) is 4.98 Å². The fraction of sp³-hybridized carbons (Fsp3) is 0.250. The largest absolute Gasteiger partial charge is 0.388 e. The number of quaternary nitrogens is 1. The van der Waals surface area contributed by atoms with Crippen molar-refractivity contribution in [1.82, 2.24) is 15.0 Å². The lowest BCUT2D eigenvalue weighted by atomic mass is 10.1. The highest BCUT2D eigenvalue weighted by Crippen LogP contribution is 2.14. The van der Waals surface area contributed by atoms with Crippen LogP contribution < -0.4 is 16.6 Å². The first-order valence-electron chi connectivity index (χ1n) is 7.55. The number of aliphatic hydroxyl groups is 1. The number of hydrogen-bond donors (Lipinski definition) is 5. The van der Waals surface area contributed by atoms with Gasteiger partial charge in [0, 0.05) is 18.2 Å². The first-order chi connectivity index (χ1) is 11.1. The first kappa shape index (κ1) is 15.3. The second-order valence-electron chi connectivity index (χ2n) is 5.49. The summed E-state index contributed by atoms with van der Waals surface area (Å²) in [5, 5.41) is 12.7. The summed E-state index contributed by atoms with van der Waals surface area (Å²) in [5.41, 5.74) is 7.58. The SMILES string of the molecule is Nc1nc2[nH]cc(C[NH2+]CC[C@H](O)c3ccccc3)c2c(=O)[nH]1. The molecular weight excluding hydrogens is 294 g/mol. The molecule has 0 unspecified atom stereocenters. The van der Waals surface area contributed by atoms with Crippen molar-refractivity contribution in [3.05, 3.63) is 58.0 Å². The summed E-state index contributed by atoms with van der Waals surface area (Å²) in [6, 6.07) is 9.59. The van der Waals surface area contributed by atoms with Crippen LogP contribution in [0.25, 0.3) is 11.0 Å². The van der Waals surface area contributed by atoms with Crippen molar-refractivity contribution in [1.29, 1.82) is 0 Å². The Morgan fingerprint density at radius 1 is 1.30 bits per heavy atom. The number of nitrogens with two attached hydrogens (primary N) is 2. The summed E-state index contributed by atoms with van der Waals surface area (Å²) in [5.74, 6) is 0.103. The molecule has 0 aliphatic rings. The molecule has 1 aromatic carbocycles. The van der Waals surface area contributed by atoms with E-state index in [0.717, 1.165) is 17.7 Å². The normalized spacial score (nSPS) is 12.6. The zero-order chi connectivity index (χ0) is 16.2. The zero-order valence-corrected chi connectivity index (χ0v) is 12.6. The van der Waals surface area contributed by atoms with Crippen molar-refractivity contribution < 1.29 is 10.4 Å². The fourth-order valence-electron chi connectivity index (χ4n) is 2.66. The lowest BCUT2D eigenvalue weighted by Gasteiger charge is -2.09. The summed E-state index contributed by atoms with van der Waals surface area (Å²) < 4.78 is 0. The van der Waals surface area contributed by atoms with Gasteiger partial charge >= 0.3 is 0 Å². The summed E-state index contributed by atoms with van der Waals surface area (Å²) in [6.45, 7) is 1.39. The predicted molar refractivity (Wildman–Crippen MR) is 87.6 cm³/mol. The number of aromatic nitrogens is 3. The van der Waals surface area contributed by atoms with Crippen LogP contribution in [0.3, 0.4) is 0 Å². The molecule has 120 valence electrons. The minimum Gasteiger partial charge on any atom is -0.388 e. The maximum Gasteiger partial charge on any atom is 0.262 e. The molecule has 3 rings (SSSR count). The second-order valence-corrected chi connectivity index (χ2v) is 5.49. The molecule has 1 atom stereocenters. The Morgan fingerprint density at radius 2 is 2.09 bits per heavy atom. The Balaban J connectivity index is 1.58. The zero-order valence-electron chi connectivity index (χ0n) is 12.6. The molecule has 0 saturated heterocycles. The van der Waals surface area contributed by atoms with E-state index in [4.69, 9.17) is 5.73 Å². The van der Waals surface area contributed by atoms with E-state index >= 15 is 0 Å². The number of rotatable bonds is 6. The van der Waals surface area contributed by atoms with Crippen LogP contribution in [0.4, 0.5) is 5.95 Å². The van der Waals surface area contributed by atoms with Crippen LogP contribution in [-0.2, 0) is 6.54 Å². The van der Waals surface area contributed by atoms with Gasteiger partial charge in [0.1, 0.15) is 12.2 Å². The van der Waals surface area contributed by atoms with Gasteiger partial charge in [0.25, 0.3) is 5.56 Å². The molecule has 3 aromatic rings. The lowest BCUT2D eigenvalue weighted by Crippen LogP contribution is -2.82. The molecule has 0 bridgehead atoms. The number of fused-ring (bicyclic) bond motifs is 1. The van der Waals surface area contributed by atoms with Gasteiger partial charge in [-0.25, -0.2) is 0 Å². The van der Waals surface area contributed by atoms with Gasteiger partial charge in [0.2, 0.25) is 5.95 Å². The third kappa shape index (κ3) is 3.41. The van der Waals surface area contributed by atoms with Crippen molar-refractivity contribution in [2.24, 2.45) is 0 Å². The van der Waals surface area contributed by atoms with E-state index in [1.54, 1.807) is 6.20 Å². The van der Waals surface area contributed by atoms with Crippen LogP contribution in [0, 0.1) is 0 Å². The maximum absolute atomic E-state index is 12.0. The Hall–Kier alpha value is -2.64. The van der Waals surface area contributed by atoms with Crippen LogP contribution in [0.2, 0.25) is 0 Å². The van der Waals surface area contributed by atoms with E-state index in [1.165, 1.54) is 0 Å². The van der Waals surface area contributed by atoms with Gasteiger partial charge in [-0.3, -0.25) is 9.78 Å². The molecule has 0 saturated carbocycles. The average Bonchev–Trinajstić information content (AvgIpc) is 2.95. The molecule has 0 aliphatic carbocycles. The minimum atomic E-state index is -0.472. The first-order valence-corrected chi connectivity index (χ1v) is 7.55. The third-order valence-electron chi connectivity index (χ3n) is 3.83. The Bertz CT molecular complexity index is 841. The Kier molecular flexibility index (Phi) is 4.40. The molecule has 0 amide bonds. The van der Waals surface area contributed by atoms with E-state index in [9.17, 15) is 9.90 Å². The second kappa shape index (κ2) is 6.64. The van der Waals surface area contributed by atoms with E-state index < -0.39 is 6.10 Å². The van der Waals surface area contributed by atoms with Crippen LogP contribution in [0.5, 0.6) is 0 Å². The van der Waals surface area contributed by atoms with Crippen molar-refractivity contribution in [3.63, 3.8) is 0 Å². The number of H-pyrrole nitrogens is 2. The summed E-state index contributed by atoms with van der Waals surface area (Å²) in [6.07, 6.45) is 1.95. The van der Waals surface area contributed by atoms with Crippen LogP contribution in [0.1, 0.15) is 23.7 Å². The van der Waals surface area contributed by atoms with E-state index in [-0.39, 0.29) is 11.5 Å². The average molecular weight is 314 g/mol. The Labute approximate surface area is 132 Å². The van der Waals surface area contributed by atoms with Gasteiger partial charge < -0.3 is 21.1 Å². The highest BCUT2D eigenvalue weighted by molar-refractivity contribution is 5.79. The third-order valence-corrected chi connectivity index (χ3v) is 3.83. The van der Waals surface area contributed by atoms with Crippen LogP contribution in [0.15, 0.2) is 41.3 Å². The number of aromatic amines is 2. The molecule has 7 N–H and O–H groups in total. The Morgan fingerprint density at radius 3 is 2.87 bits per heavy atom. The standard InChI is InChI=1S/C16H19N5O2/c17-16-20-14-13(15(23)21-16)11(9-19-14)8-18-7-6-12(22)10-4-2-1-3-5-10/h1-5,9,12,18,22H,6-8H2,(H4,17,19,20,21,23)/p+1/t12-/m0/s1. The summed E-state index contributed by atoms with van der Waals surface area (Å²) >= 11 is 0. The highest BCUT2D eigenvalue weighted by atomic mass is 16.3. The smallest absolute Gasteiger partial charge is 0.262 e. The molecule has 7 nitrogen and oxygen atoms in total. The van der Waals surface area contributed by atoms with Crippen molar-refractivity contribution in [2.75, 3.05) is 12.3 Å². The monoisotopic (exact) mass is 314 g/mol. The van der Waals surface area contributed by atoms with E-state index in [0.29, 0.717) is 24.0 Å². The van der Waals surface area contributed by atoms with Gasteiger partial charge in [0.05, 0.1) is 18.0 Å². The molecule has 2 aromatic heterocycles. The van der Waals surface area contributed by atoms with Gasteiger partial charge in [-0.05, 0) is 5.56 Å². The lowest BCUT2D eigenvalue weighted by molar-refractivity contribution is -0.671. The molecular formula is C16H20N5O2+. The highest BCUT2D eigenvalue weighted by Gasteiger charge is 2.12. The van der Waals surface area contributed by atoms with E-state index in [2.05, 4.69) is 20.3 Å². The molecule has 23 heavy (non-hydrogen) atoms. The quantitative estimate of drug-likeness (QED) is 0.411. The summed E-state index contributed by atoms with van der Waals surface area (Å²) in [4.78, 5) is 21.5. The van der Waals surface area contributed by atoms with Crippen LogP contribution in [-0.4, -0.2) is 26.6 Å². The van der Waals surface area contributed by atoms with Crippen molar-refractivity contribution in [2.45, 2.75) is 19.1 Å². The fourth-order valence-corrected chi connectivity index (χ4v) is 2.66. The predicted octanol–water partition coefficient (Wildman–Crippen LogP) is 0.0205. The van der Waals surface area contributed by atoms with Crippen LogP contribution >= 0.6 is 0 Å². The van der Waals surface area contributed by atoms with Crippen molar-refractivity contribution >= 4 is 17.0 Å².